The molecule has 0 aromatic rings. The first-order valence-corrected chi connectivity index (χ1v) is 4.39. The fraction of sp³-hybridized carbons (Fsp3) is 0.200. The molecule has 1 N–H and O–H groups in total. The van der Waals surface area contributed by atoms with Gasteiger partial charge in [-0.3, -0.25) is 4.99 Å². The Morgan fingerprint density at radius 2 is 2.36 bits per heavy atom. The quantitative estimate of drug-likeness (QED) is 0.633. The lowest BCUT2D eigenvalue weighted by molar-refractivity contribution is 0.180. The Balaban J connectivity index is 2.40. The van der Waals surface area contributed by atoms with Crippen LogP contribution in [0.4, 0.5) is 4.79 Å². The SMILES string of the molecule is O=C(O)N1C=CCC=C2C=CCN=C21. The Hall–Kier alpha value is -1.84. The summed E-state index contributed by atoms with van der Waals surface area (Å²) in [5.74, 6) is 0.522. The summed E-state index contributed by atoms with van der Waals surface area (Å²) in [6, 6.07) is 0. The van der Waals surface area contributed by atoms with E-state index in [1.165, 1.54) is 0 Å². The van der Waals surface area contributed by atoms with Gasteiger partial charge in [0.1, 0.15) is 5.84 Å². The van der Waals surface area contributed by atoms with Gasteiger partial charge in [0.05, 0.1) is 6.54 Å². The second-order valence-corrected chi connectivity index (χ2v) is 3.00. The smallest absolute Gasteiger partial charge is 0.417 e. The molecule has 0 atom stereocenters. The van der Waals surface area contributed by atoms with Crippen LogP contribution >= 0.6 is 0 Å². The van der Waals surface area contributed by atoms with E-state index in [9.17, 15) is 4.79 Å². The zero-order valence-corrected chi connectivity index (χ0v) is 7.55. The average molecular weight is 190 g/mol. The highest BCUT2D eigenvalue weighted by molar-refractivity contribution is 6.09. The van der Waals surface area contributed by atoms with Crippen LogP contribution in [0.25, 0.3) is 0 Å². The lowest BCUT2D eigenvalue weighted by atomic mass is 10.1. The first kappa shape index (κ1) is 8.74. The zero-order valence-electron chi connectivity index (χ0n) is 7.55. The molecule has 0 bridgehead atoms. The zero-order chi connectivity index (χ0) is 9.97. The molecular formula is C10H10N2O2. The van der Waals surface area contributed by atoms with Crippen LogP contribution in [0.2, 0.25) is 0 Å². The van der Waals surface area contributed by atoms with Crippen molar-refractivity contribution in [3.8, 4) is 0 Å². The summed E-state index contributed by atoms with van der Waals surface area (Å²) in [6.07, 6.45) is 8.88. The fourth-order valence-electron chi connectivity index (χ4n) is 1.45. The predicted molar refractivity (Wildman–Crippen MR) is 53.1 cm³/mol. The molecule has 4 heteroatoms. The third-order valence-corrected chi connectivity index (χ3v) is 2.06. The number of fused-ring (bicyclic) bond motifs is 1. The topological polar surface area (TPSA) is 52.9 Å². The first-order chi connectivity index (χ1) is 6.79. The van der Waals surface area contributed by atoms with Crippen LogP contribution in [0.3, 0.4) is 0 Å². The number of carboxylic acid groups (broad SMARTS) is 1. The Morgan fingerprint density at radius 1 is 1.50 bits per heavy atom. The fourth-order valence-corrected chi connectivity index (χ4v) is 1.45. The van der Waals surface area contributed by atoms with Gasteiger partial charge < -0.3 is 5.11 Å². The monoisotopic (exact) mass is 190 g/mol. The van der Waals surface area contributed by atoms with Crippen molar-refractivity contribution in [3.05, 3.63) is 36.1 Å². The third-order valence-electron chi connectivity index (χ3n) is 2.06. The first-order valence-electron chi connectivity index (χ1n) is 4.39. The largest absolute Gasteiger partial charge is 0.464 e. The number of amidine groups is 1. The Bertz CT molecular complexity index is 378. The summed E-state index contributed by atoms with van der Waals surface area (Å²) >= 11 is 0. The van der Waals surface area contributed by atoms with Gasteiger partial charge in [-0.2, -0.15) is 0 Å². The molecule has 0 spiro atoms. The minimum absolute atomic E-state index is 0.522. The second-order valence-electron chi connectivity index (χ2n) is 3.00. The summed E-state index contributed by atoms with van der Waals surface area (Å²) in [4.78, 5) is 16.2. The van der Waals surface area contributed by atoms with Gasteiger partial charge in [0, 0.05) is 11.8 Å². The van der Waals surface area contributed by atoms with E-state index in [1.807, 2.05) is 18.2 Å². The van der Waals surface area contributed by atoms with E-state index in [2.05, 4.69) is 4.99 Å². The van der Waals surface area contributed by atoms with Gasteiger partial charge in [-0.05, 0) is 6.42 Å². The predicted octanol–water partition coefficient (Wildman–Crippen LogP) is 1.78. The molecule has 2 aliphatic rings. The van der Waals surface area contributed by atoms with E-state index in [-0.39, 0.29) is 0 Å². The van der Waals surface area contributed by atoms with Crippen LogP contribution in [0.15, 0.2) is 41.1 Å². The number of amides is 1. The molecule has 4 nitrogen and oxygen atoms in total. The van der Waals surface area contributed by atoms with E-state index in [1.54, 1.807) is 12.3 Å². The van der Waals surface area contributed by atoms with Gasteiger partial charge >= 0.3 is 6.09 Å². The number of aliphatic imine (C=N–C) groups is 1. The van der Waals surface area contributed by atoms with Gasteiger partial charge in [-0.25, -0.2) is 9.69 Å². The van der Waals surface area contributed by atoms with Crippen LogP contribution < -0.4 is 0 Å². The Kier molecular flexibility index (Phi) is 2.18. The number of nitrogens with zero attached hydrogens (tertiary/aromatic N) is 2. The highest BCUT2D eigenvalue weighted by atomic mass is 16.4. The maximum atomic E-state index is 10.9. The van der Waals surface area contributed by atoms with Crippen molar-refractivity contribution in [1.29, 1.82) is 0 Å². The van der Waals surface area contributed by atoms with E-state index >= 15 is 0 Å². The minimum Gasteiger partial charge on any atom is -0.464 e. The summed E-state index contributed by atoms with van der Waals surface area (Å²) < 4.78 is 0. The molecule has 14 heavy (non-hydrogen) atoms. The summed E-state index contributed by atoms with van der Waals surface area (Å²) in [5, 5.41) is 8.94. The Morgan fingerprint density at radius 3 is 3.14 bits per heavy atom. The highest BCUT2D eigenvalue weighted by Gasteiger charge is 2.20. The van der Waals surface area contributed by atoms with Crippen LogP contribution in [0.1, 0.15) is 6.42 Å². The van der Waals surface area contributed by atoms with Crippen LogP contribution in [0, 0.1) is 0 Å². The van der Waals surface area contributed by atoms with Crippen LogP contribution in [-0.2, 0) is 0 Å². The summed E-state index contributed by atoms with van der Waals surface area (Å²) in [5.41, 5.74) is 0.878. The average Bonchev–Trinajstić information content (AvgIpc) is 2.39. The van der Waals surface area contributed by atoms with Crippen molar-refractivity contribution in [2.24, 2.45) is 4.99 Å². The molecule has 0 aromatic heterocycles. The van der Waals surface area contributed by atoms with Crippen molar-refractivity contribution in [2.75, 3.05) is 6.54 Å². The van der Waals surface area contributed by atoms with Crippen molar-refractivity contribution < 1.29 is 9.90 Å². The highest BCUT2D eigenvalue weighted by Crippen LogP contribution is 2.15. The van der Waals surface area contributed by atoms with Crippen molar-refractivity contribution >= 4 is 11.9 Å². The molecule has 0 unspecified atom stereocenters. The molecule has 0 saturated heterocycles. The number of carbonyl (C=O) groups is 1. The Labute approximate surface area is 81.6 Å². The van der Waals surface area contributed by atoms with Crippen LogP contribution in [-0.4, -0.2) is 28.5 Å². The number of hydrogen-bond acceptors (Lipinski definition) is 2. The van der Waals surface area contributed by atoms with Crippen molar-refractivity contribution in [1.82, 2.24) is 4.90 Å². The number of allylic oxidation sites excluding steroid dienone is 2. The van der Waals surface area contributed by atoms with E-state index < -0.39 is 6.09 Å². The van der Waals surface area contributed by atoms with Gasteiger partial charge in [0.2, 0.25) is 0 Å². The number of hydrogen-bond donors (Lipinski definition) is 1. The van der Waals surface area contributed by atoms with Crippen molar-refractivity contribution in [2.45, 2.75) is 6.42 Å². The molecule has 0 radical (unpaired) electrons. The van der Waals surface area contributed by atoms with Gasteiger partial charge in [0.15, 0.2) is 0 Å². The van der Waals surface area contributed by atoms with Gasteiger partial charge in [-0.1, -0.05) is 24.3 Å². The summed E-state index contributed by atoms with van der Waals surface area (Å²) in [6.45, 7) is 0.546. The molecule has 2 rings (SSSR count). The minimum atomic E-state index is -0.997. The standard InChI is InChI=1S/C10H10N2O2/c13-10(14)12-7-2-1-4-8-5-3-6-11-9(8)12/h2-5,7H,1,6H2,(H,13,14). The molecule has 2 aliphatic heterocycles. The number of rotatable bonds is 0. The lowest BCUT2D eigenvalue weighted by Gasteiger charge is -2.18. The molecule has 2 heterocycles. The molecule has 0 fully saturated rings. The molecule has 1 amide bonds. The maximum absolute atomic E-state index is 10.9. The number of dihydropyridines is 1. The van der Waals surface area contributed by atoms with E-state index in [0.717, 1.165) is 16.9 Å². The molecule has 0 saturated carbocycles. The molecule has 0 aromatic carbocycles. The van der Waals surface area contributed by atoms with Crippen molar-refractivity contribution in [3.63, 3.8) is 0 Å². The third kappa shape index (κ3) is 1.46. The molecule has 0 aliphatic carbocycles. The van der Waals surface area contributed by atoms with E-state index in [0.29, 0.717) is 12.4 Å². The molecule has 72 valence electrons. The normalized spacial score (nSPS) is 19.6. The lowest BCUT2D eigenvalue weighted by Crippen LogP contribution is -2.32. The van der Waals surface area contributed by atoms with Gasteiger partial charge in [-0.15, -0.1) is 0 Å². The maximum Gasteiger partial charge on any atom is 0.417 e. The van der Waals surface area contributed by atoms with Gasteiger partial charge in [0.25, 0.3) is 0 Å². The molecular weight excluding hydrogens is 180 g/mol. The second kappa shape index (κ2) is 3.49. The van der Waals surface area contributed by atoms with Crippen LogP contribution in [0.5, 0.6) is 0 Å². The summed E-state index contributed by atoms with van der Waals surface area (Å²) in [7, 11) is 0. The van der Waals surface area contributed by atoms with E-state index in [4.69, 9.17) is 5.11 Å².